The number of hydrogen-bond donors (Lipinski definition) is 2. The summed E-state index contributed by atoms with van der Waals surface area (Å²) in [5, 5.41) is 7.92. The van der Waals surface area contributed by atoms with Crippen LogP contribution in [0.15, 0.2) is 53.9 Å². The van der Waals surface area contributed by atoms with Crippen LogP contribution in [0.1, 0.15) is 29.9 Å². The van der Waals surface area contributed by atoms with Crippen LogP contribution in [0.5, 0.6) is 0 Å². The Kier molecular flexibility index (Phi) is 7.15. The van der Waals surface area contributed by atoms with Crippen LogP contribution in [0.4, 0.5) is 11.4 Å². The lowest BCUT2D eigenvalue weighted by Crippen LogP contribution is -2.38. The van der Waals surface area contributed by atoms with Gasteiger partial charge in [-0.15, -0.1) is 11.3 Å². The number of anilines is 2. The van der Waals surface area contributed by atoms with Gasteiger partial charge in [0.2, 0.25) is 11.8 Å². The van der Waals surface area contributed by atoms with E-state index in [0.717, 1.165) is 16.1 Å². The molecule has 2 aromatic carbocycles. The van der Waals surface area contributed by atoms with Crippen LogP contribution >= 0.6 is 11.3 Å². The van der Waals surface area contributed by atoms with Crippen molar-refractivity contribution in [3.63, 3.8) is 0 Å². The average molecular weight is 437 g/mol. The molecule has 0 unspecified atom stereocenters. The fourth-order valence-electron chi connectivity index (χ4n) is 2.90. The van der Waals surface area contributed by atoms with Gasteiger partial charge in [0, 0.05) is 35.8 Å². The van der Waals surface area contributed by atoms with Crippen molar-refractivity contribution in [2.24, 2.45) is 0 Å². The van der Waals surface area contributed by atoms with Crippen LogP contribution in [-0.2, 0) is 9.59 Å². The van der Waals surface area contributed by atoms with Gasteiger partial charge in [-0.2, -0.15) is 0 Å². The van der Waals surface area contributed by atoms with Crippen molar-refractivity contribution in [1.82, 2.24) is 9.88 Å². The predicted molar refractivity (Wildman–Crippen MR) is 123 cm³/mol. The number of carbonyl (C=O) groups excluding carboxylic acids is 3. The second-order valence-corrected chi connectivity index (χ2v) is 7.89. The molecule has 1 heterocycles. The van der Waals surface area contributed by atoms with E-state index in [-0.39, 0.29) is 24.3 Å². The van der Waals surface area contributed by atoms with Gasteiger partial charge in [-0.05, 0) is 38.1 Å². The Hall–Kier alpha value is -3.52. The molecule has 2 N–H and O–H groups in total. The molecule has 0 aliphatic heterocycles. The van der Waals surface area contributed by atoms with Crippen LogP contribution in [-0.4, -0.2) is 40.7 Å². The smallest absolute Gasteiger partial charge is 0.273 e. The molecule has 7 nitrogen and oxygen atoms in total. The molecule has 0 radical (unpaired) electrons. The molecule has 0 aliphatic rings. The van der Waals surface area contributed by atoms with Crippen LogP contribution in [0.25, 0.3) is 10.6 Å². The van der Waals surface area contributed by atoms with Crippen molar-refractivity contribution in [3.8, 4) is 10.6 Å². The van der Waals surface area contributed by atoms with E-state index in [9.17, 15) is 14.4 Å². The highest BCUT2D eigenvalue weighted by Crippen LogP contribution is 2.24. The van der Waals surface area contributed by atoms with Gasteiger partial charge >= 0.3 is 0 Å². The van der Waals surface area contributed by atoms with Crippen molar-refractivity contribution in [2.75, 3.05) is 23.7 Å². The largest absolute Gasteiger partial charge is 0.328 e. The number of hydrogen-bond acceptors (Lipinski definition) is 5. The zero-order valence-corrected chi connectivity index (χ0v) is 18.5. The zero-order valence-electron chi connectivity index (χ0n) is 17.6. The Labute approximate surface area is 185 Å². The lowest BCUT2D eigenvalue weighted by Gasteiger charge is -2.19. The van der Waals surface area contributed by atoms with Gasteiger partial charge < -0.3 is 15.5 Å². The fourth-order valence-corrected chi connectivity index (χ4v) is 3.70. The summed E-state index contributed by atoms with van der Waals surface area (Å²) in [7, 11) is 0. The molecule has 3 aromatic rings. The number of thiazole rings is 1. The number of amides is 3. The first kappa shape index (κ1) is 22.2. The van der Waals surface area contributed by atoms with Gasteiger partial charge in [0.15, 0.2) is 0 Å². The highest BCUT2D eigenvalue weighted by Gasteiger charge is 2.20. The third-order valence-electron chi connectivity index (χ3n) is 4.51. The second-order valence-electron chi connectivity index (χ2n) is 7.03. The molecule has 1 aromatic heterocycles. The van der Waals surface area contributed by atoms with Gasteiger partial charge in [-0.1, -0.05) is 29.8 Å². The summed E-state index contributed by atoms with van der Waals surface area (Å²) in [6.07, 6.45) is 0. The van der Waals surface area contributed by atoms with Crippen molar-refractivity contribution < 1.29 is 14.4 Å². The van der Waals surface area contributed by atoms with E-state index in [4.69, 9.17) is 0 Å². The third-order valence-corrected chi connectivity index (χ3v) is 5.41. The van der Waals surface area contributed by atoms with Gasteiger partial charge in [0.1, 0.15) is 17.2 Å². The Morgan fingerprint density at radius 1 is 0.968 bits per heavy atom. The highest BCUT2D eigenvalue weighted by molar-refractivity contribution is 7.13. The van der Waals surface area contributed by atoms with Gasteiger partial charge in [0.25, 0.3) is 5.91 Å². The lowest BCUT2D eigenvalue weighted by molar-refractivity contribution is -0.117. The summed E-state index contributed by atoms with van der Waals surface area (Å²) >= 11 is 1.40. The van der Waals surface area contributed by atoms with E-state index >= 15 is 0 Å². The van der Waals surface area contributed by atoms with Crippen molar-refractivity contribution >= 4 is 40.4 Å². The number of likely N-dealkylation sites (N-methyl/N-ethyl adjacent to an activating group) is 1. The van der Waals surface area contributed by atoms with Crippen LogP contribution in [0, 0.1) is 6.92 Å². The molecule has 0 saturated heterocycles. The van der Waals surface area contributed by atoms with E-state index in [1.165, 1.54) is 23.2 Å². The zero-order chi connectivity index (χ0) is 22.4. The maximum atomic E-state index is 12.9. The molecule has 8 heteroatoms. The Bertz CT molecular complexity index is 1070. The number of aryl methyl sites for hydroxylation is 1. The van der Waals surface area contributed by atoms with Gasteiger partial charge in [0.05, 0.1) is 0 Å². The quantitative estimate of drug-likeness (QED) is 0.581. The monoisotopic (exact) mass is 436 g/mol. The fraction of sp³-hybridized carbons (Fsp3) is 0.217. The number of nitrogens with zero attached hydrogens (tertiary/aromatic N) is 2. The molecule has 0 fully saturated rings. The molecule has 0 bridgehead atoms. The van der Waals surface area contributed by atoms with Gasteiger partial charge in [-0.25, -0.2) is 4.98 Å². The Balaban J connectivity index is 1.62. The summed E-state index contributed by atoms with van der Waals surface area (Å²) in [6, 6.07) is 14.7. The number of benzene rings is 2. The topological polar surface area (TPSA) is 91.4 Å². The normalized spacial score (nSPS) is 10.4. The molecule has 31 heavy (non-hydrogen) atoms. The van der Waals surface area contributed by atoms with E-state index in [1.54, 1.807) is 29.6 Å². The molecule has 0 atom stereocenters. The molecular weight excluding hydrogens is 412 g/mol. The number of aromatic nitrogens is 1. The van der Waals surface area contributed by atoms with E-state index in [2.05, 4.69) is 15.6 Å². The van der Waals surface area contributed by atoms with E-state index < -0.39 is 0 Å². The van der Waals surface area contributed by atoms with Gasteiger partial charge in [-0.3, -0.25) is 14.4 Å². The van der Waals surface area contributed by atoms with Crippen LogP contribution in [0.3, 0.4) is 0 Å². The summed E-state index contributed by atoms with van der Waals surface area (Å²) in [5.41, 5.74) is 3.67. The van der Waals surface area contributed by atoms with Crippen molar-refractivity contribution in [3.05, 3.63) is 65.2 Å². The van der Waals surface area contributed by atoms with E-state index in [0.29, 0.717) is 23.6 Å². The number of carbonyl (C=O) groups is 3. The molecular formula is C23H24N4O3S. The maximum absolute atomic E-state index is 12.9. The minimum Gasteiger partial charge on any atom is -0.328 e. The summed E-state index contributed by atoms with van der Waals surface area (Å²) in [4.78, 5) is 42.3. The molecule has 3 rings (SSSR count). The average Bonchev–Trinajstić information content (AvgIpc) is 3.23. The number of nitrogens with one attached hydrogen (secondary N) is 2. The standard InChI is InChI=1S/C23H24N4O3S/c1-4-27(13-21(29)25-19-11-9-18(10-12-19)24-16(3)28)23(30)20-14-31-22(26-20)17-7-5-15(2)6-8-17/h5-12,14H,4,13H2,1-3H3,(H,24,28)(H,25,29). The Morgan fingerprint density at radius 2 is 1.58 bits per heavy atom. The van der Waals surface area contributed by atoms with Crippen molar-refractivity contribution in [1.29, 1.82) is 0 Å². The molecule has 160 valence electrons. The first-order chi connectivity index (χ1) is 14.9. The minimum atomic E-state index is -0.309. The summed E-state index contributed by atoms with van der Waals surface area (Å²) < 4.78 is 0. The SMILES string of the molecule is CCN(CC(=O)Nc1ccc(NC(C)=O)cc1)C(=O)c1csc(-c2ccc(C)cc2)n1. The first-order valence-corrected chi connectivity index (χ1v) is 10.7. The maximum Gasteiger partial charge on any atom is 0.273 e. The summed E-state index contributed by atoms with van der Waals surface area (Å²) in [5.74, 6) is -0.758. The molecule has 0 spiro atoms. The van der Waals surface area contributed by atoms with Crippen molar-refractivity contribution in [2.45, 2.75) is 20.8 Å². The first-order valence-electron chi connectivity index (χ1n) is 9.85. The molecule has 0 saturated carbocycles. The Morgan fingerprint density at radius 3 is 2.16 bits per heavy atom. The van der Waals surface area contributed by atoms with E-state index in [1.807, 2.05) is 38.1 Å². The van der Waals surface area contributed by atoms with Crippen LogP contribution < -0.4 is 10.6 Å². The lowest BCUT2D eigenvalue weighted by atomic mass is 10.2. The highest BCUT2D eigenvalue weighted by atomic mass is 32.1. The minimum absolute atomic E-state index is 0.0832. The molecule has 3 amide bonds. The number of rotatable bonds is 7. The molecule has 0 aliphatic carbocycles. The summed E-state index contributed by atoms with van der Waals surface area (Å²) in [6.45, 7) is 5.56. The second kappa shape index (κ2) is 9.99. The third kappa shape index (κ3) is 5.99. The predicted octanol–water partition coefficient (Wildman–Crippen LogP) is 4.18. The van der Waals surface area contributed by atoms with Crippen LogP contribution in [0.2, 0.25) is 0 Å².